The molecule has 5 nitrogen and oxygen atoms in total. The number of benzene rings is 2. The molecule has 0 unspecified atom stereocenters. The summed E-state index contributed by atoms with van der Waals surface area (Å²) in [5, 5.41) is 2.70. The van der Waals surface area contributed by atoms with Gasteiger partial charge in [0.2, 0.25) is 5.91 Å². The van der Waals surface area contributed by atoms with Crippen LogP contribution in [0, 0.1) is 17.6 Å². The smallest absolute Gasteiger partial charge is 0.316 e. The van der Waals surface area contributed by atoms with Crippen molar-refractivity contribution in [3.8, 4) is 0 Å². The van der Waals surface area contributed by atoms with Crippen molar-refractivity contribution in [1.29, 1.82) is 0 Å². The van der Waals surface area contributed by atoms with Crippen LogP contribution in [0.2, 0.25) is 0 Å². The predicted molar refractivity (Wildman–Crippen MR) is 102 cm³/mol. The van der Waals surface area contributed by atoms with Crippen LogP contribution in [0.1, 0.15) is 24.2 Å². The molecule has 28 heavy (non-hydrogen) atoms. The second-order valence-electron chi connectivity index (χ2n) is 6.17. The quantitative estimate of drug-likeness (QED) is 0.406. The molecule has 0 heterocycles. The summed E-state index contributed by atoms with van der Waals surface area (Å²) in [4.78, 5) is 35.4. The van der Waals surface area contributed by atoms with Crippen molar-refractivity contribution in [3.05, 3.63) is 59.7 Å². The van der Waals surface area contributed by atoms with E-state index in [-0.39, 0.29) is 22.5 Å². The Morgan fingerprint density at radius 3 is 2.39 bits per heavy atom. The van der Waals surface area contributed by atoms with Crippen LogP contribution in [-0.4, -0.2) is 30.0 Å². The van der Waals surface area contributed by atoms with Gasteiger partial charge in [0.25, 0.3) is 0 Å². The fourth-order valence-corrected chi connectivity index (χ4v) is 2.78. The number of anilines is 1. The zero-order valence-corrected chi connectivity index (χ0v) is 16.1. The molecule has 0 fully saturated rings. The minimum atomic E-state index is -0.720. The highest BCUT2D eigenvalue weighted by Gasteiger charge is 2.13. The molecule has 1 amide bonds. The van der Waals surface area contributed by atoms with E-state index in [2.05, 4.69) is 5.32 Å². The van der Waals surface area contributed by atoms with Crippen LogP contribution in [0.4, 0.5) is 14.5 Å². The van der Waals surface area contributed by atoms with Crippen LogP contribution in [0.3, 0.4) is 0 Å². The topological polar surface area (TPSA) is 72.5 Å². The first-order valence-electron chi connectivity index (χ1n) is 8.44. The van der Waals surface area contributed by atoms with Gasteiger partial charge in [0.15, 0.2) is 12.4 Å². The standard InChI is InChI=1S/C20H19F2NO4S/c1-12(2)20(26)23-15-6-3-13(4-7-15)17(24)10-27-19(25)11-28-18-9-14(21)5-8-16(18)22/h3-9,12H,10-11H2,1-2H3,(H,23,26). The Bertz CT molecular complexity index is 869. The second kappa shape index (κ2) is 9.98. The van der Waals surface area contributed by atoms with Crippen molar-refractivity contribution >= 4 is 35.1 Å². The monoisotopic (exact) mass is 407 g/mol. The molecular weight excluding hydrogens is 388 g/mol. The maximum Gasteiger partial charge on any atom is 0.316 e. The minimum absolute atomic E-state index is 0.0117. The number of Topliss-reactive ketones (excluding diaryl/α,β-unsaturated/α-hetero) is 1. The van der Waals surface area contributed by atoms with Crippen molar-refractivity contribution in [2.24, 2.45) is 5.92 Å². The van der Waals surface area contributed by atoms with Crippen molar-refractivity contribution in [1.82, 2.24) is 0 Å². The Kier molecular flexibility index (Phi) is 7.69. The van der Waals surface area contributed by atoms with Crippen molar-refractivity contribution < 1.29 is 27.9 Å². The lowest BCUT2D eigenvalue weighted by Gasteiger charge is -2.08. The summed E-state index contributed by atoms with van der Waals surface area (Å²) in [6, 6.07) is 9.13. The zero-order chi connectivity index (χ0) is 20.7. The number of nitrogens with one attached hydrogen (secondary N) is 1. The van der Waals surface area contributed by atoms with Gasteiger partial charge < -0.3 is 10.1 Å². The van der Waals surface area contributed by atoms with Crippen molar-refractivity contribution in [2.75, 3.05) is 17.7 Å². The molecule has 0 saturated heterocycles. The van der Waals surface area contributed by atoms with Crippen molar-refractivity contribution in [3.63, 3.8) is 0 Å². The van der Waals surface area contributed by atoms with E-state index >= 15 is 0 Å². The molecule has 0 aliphatic rings. The van der Waals surface area contributed by atoms with Gasteiger partial charge in [0.1, 0.15) is 11.6 Å². The van der Waals surface area contributed by atoms with Gasteiger partial charge >= 0.3 is 5.97 Å². The number of halogens is 2. The average molecular weight is 407 g/mol. The first kappa shape index (κ1) is 21.6. The second-order valence-corrected chi connectivity index (χ2v) is 7.19. The molecule has 0 saturated carbocycles. The fourth-order valence-electron chi connectivity index (χ4n) is 2.02. The highest BCUT2D eigenvalue weighted by atomic mass is 32.2. The summed E-state index contributed by atoms with van der Waals surface area (Å²) in [7, 11) is 0. The third kappa shape index (κ3) is 6.45. The number of hydrogen-bond acceptors (Lipinski definition) is 5. The summed E-state index contributed by atoms with van der Waals surface area (Å²) in [5.41, 5.74) is 0.875. The Morgan fingerprint density at radius 2 is 1.75 bits per heavy atom. The van der Waals surface area contributed by atoms with E-state index in [0.29, 0.717) is 11.3 Å². The average Bonchev–Trinajstić information content (AvgIpc) is 2.67. The van der Waals surface area contributed by atoms with E-state index in [4.69, 9.17) is 4.74 Å². The summed E-state index contributed by atoms with van der Waals surface area (Å²) in [6.45, 7) is 3.06. The van der Waals surface area contributed by atoms with Gasteiger partial charge in [-0.05, 0) is 42.5 Å². The van der Waals surface area contributed by atoms with E-state index in [1.807, 2.05) is 0 Å². The lowest BCUT2D eigenvalue weighted by molar-refractivity contribution is -0.139. The van der Waals surface area contributed by atoms with E-state index in [0.717, 1.165) is 30.0 Å². The van der Waals surface area contributed by atoms with Crippen LogP contribution in [-0.2, 0) is 14.3 Å². The molecule has 0 aliphatic heterocycles. The molecule has 2 aromatic carbocycles. The van der Waals surface area contributed by atoms with Gasteiger partial charge in [0.05, 0.1) is 5.75 Å². The number of esters is 1. The van der Waals surface area contributed by atoms with E-state index in [1.165, 1.54) is 12.1 Å². The fraction of sp³-hybridized carbons (Fsp3) is 0.250. The lowest BCUT2D eigenvalue weighted by atomic mass is 10.1. The van der Waals surface area contributed by atoms with Gasteiger partial charge in [-0.3, -0.25) is 14.4 Å². The molecule has 0 aromatic heterocycles. The summed E-state index contributed by atoms with van der Waals surface area (Å²) in [5.74, 6) is -2.95. The summed E-state index contributed by atoms with van der Waals surface area (Å²) in [6.07, 6.45) is 0. The predicted octanol–water partition coefficient (Wildman–Crippen LogP) is 4.08. The molecule has 0 radical (unpaired) electrons. The van der Waals surface area contributed by atoms with Gasteiger partial charge in [0, 0.05) is 22.1 Å². The Hall–Kier alpha value is -2.74. The number of hydrogen-bond donors (Lipinski definition) is 1. The number of thioether (sulfide) groups is 1. The number of amides is 1. The molecule has 2 aromatic rings. The van der Waals surface area contributed by atoms with E-state index in [1.54, 1.807) is 26.0 Å². The SMILES string of the molecule is CC(C)C(=O)Nc1ccc(C(=O)COC(=O)CSc2cc(F)ccc2F)cc1. The maximum absolute atomic E-state index is 13.5. The lowest BCUT2D eigenvalue weighted by Crippen LogP contribution is -2.18. The molecule has 8 heteroatoms. The zero-order valence-electron chi connectivity index (χ0n) is 15.3. The molecule has 148 valence electrons. The number of rotatable bonds is 8. The third-order valence-corrected chi connectivity index (χ3v) is 4.61. The van der Waals surface area contributed by atoms with E-state index in [9.17, 15) is 23.2 Å². The van der Waals surface area contributed by atoms with Crippen LogP contribution in [0.25, 0.3) is 0 Å². The first-order chi connectivity index (χ1) is 13.3. The van der Waals surface area contributed by atoms with Crippen molar-refractivity contribution in [2.45, 2.75) is 18.7 Å². The largest absolute Gasteiger partial charge is 0.457 e. The summed E-state index contributed by atoms with van der Waals surface area (Å²) >= 11 is 0.786. The maximum atomic E-state index is 13.5. The van der Waals surface area contributed by atoms with Crippen LogP contribution >= 0.6 is 11.8 Å². The Labute approximate surface area is 165 Å². The summed E-state index contributed by atoms with van der Waals surface area (Å²) < 4.78 is 31.5. The highest BCUT2D eigenvalue weighted by molar-refractivity contribution is 8.00. The van der Waals surface area contributed by atoms with Crippen LogP contribution in [0.5, 0.6) is 0 Å². The third-order valence-electron chi connectivity index (χ3n) is 3.60. The van der Waals surface area contributed by atoms with Crippen LogP contribution in [0.15, 0.2) is 47.4 Å². The first-order valence-corrected chi connectivity index (χ1v) is 9.42. The number of ether oxygens (including phenoxy) is 1. The normalized spacial score (nSPS) is 10.6. The molecule has 0 spiro atoms. The molecule has 0 bridgehead atoms. The minimum Gasteiger partial charge on any atom is -0.457 e. The molecule has 0 atom stereocenters. The van der Waals surface area contributed by atoms with Gasteiger partial charge in [-0.2, -0.15) is 0 Å². The van der Waals surface area contributed by atoms with Gasteiger partial charge in [-0.15, -0.1) is 11.8 Å². The van der Waals surface area contributed by atoms with Crippen LogP contribution < -0.4 is 5.32 Å². The van der Waals surface area contributed by atoms with Gasteiger partial charge in [-0.25, -0.2) is 8.78 Å². The Morgan fingerprint density at radius 1 is 1.07 bits per heavy atom. The molecular formula is C20H19F2NO4S. The Balaban J connectivity index is 1.82. The van der Waals surface area contributed by atoms with Gasteiger partial charge in [-0.1, -0.05) is 13.8 Å². The number of ketones is 1. The molecule has 1 N–H and O–H groups in total. The number of carbonyl (C=O) groups is 3. The molecule has 0 aliphatic carbocycles. The molecule has 2 rings (SSSR count). The highest BCUT2D eigenvalue weighted by Crippen LogP contribution is 2.22. The number of carbonyl (C=O) groups excluding carboxylic acids is 3. The van der Waals surface area contributed by atoms with E-state index < -0.39 is 30.0 Å².